The van der Waals surface area contributed by atoms with Crippen LogP contribution in [0, 0.1) is 0 Å². The molecule has 3 aromatic carbocycles. The number of nitrogens with one attached hydrogen (secondary N) is 2. The third-order valence-electron chi connectivity index (χ3n) is 4.27. The first-order valence-electron chi connectivity index (χ1n) is 9.18. The van der Waals surface area contributed by atoms with Crippen LogP contribution in [0.15, 0.2) is 84.9 Å². The molecule has 3 aromatic rings. The molecule has 1 unspecified atom stereocenters. The Morgan fingerprint density at radius 3 is 2.03 bits per heavy atom. The average molecular weight is 409 g/mol. The molecule has 0 heterocycles. The van der Waals surface area contributed by atoms with Gasteiger partial charge in [0.05, 0.1) is 6.61 Å². The number of hydrogen-bond acceptors (Lipinski definition) is 3. The molecule has 0 radical (unpaired) electrons. The molecule has 0 aliphatic heterocycles. The van der Waals surface area contributed by atoms with E-state index < -0.39 is 11.9 Å². The minimum absolute atomic E-state index is 0.232. The fraction of sp³-hybridized carbons (Fsp3) is 0.130. The predicted molar refractivity (Wildman–Crippen MR) is 112 cm³/mol. The lowest BCUT2D eigenvalue weighted by Gasteiger charge is -2.18. The number of rotatable bonds is 8. The zero-order valence-electron chi connectivity index (χ0n) is 15.7. The van der Waals surface area contributed by atoms with Crippen LogP contribution >= 0.6 is 11.6 Å². The Hall–Kier alpha value is -3.15. The van der Waals surface area contributed by atoms with Gasteiger partial charge in [-0.15, -0.1) is 0 Å². The summed E-state index contributed by atoms with van der Waals surface area (Å²) in [5, 5.41) is 3.31. The van der Waals surface area contributed by atoms with E-state index in [1.54, 1.807) is 24.3 Å². The molecule has 0 aliphatic rings. The molecule has 0 aromatic heterocycles. The van der Waals surface area contributed by atoms with Crippen molar-refractivity contribution in [2.45, 2.75) is 19.1 Å². The van der Waals surface area contributed by atoms with Gasteiger partial charge >= 0.3 is 0 Å². The van der Waals surface area contributed by atoms with E-state index in [0.29, 0.717) is 17.0 Å². The Bertz CT molecular complexity index is 931. The Labute approximate surface area is 174 Å². The van der Waals surface area contributed by atoms with E-state index >= 15 is 0 Å². The van der Waals surface area contributed by atoms with Gasteiger partial charge in [0.1, 0.15) is 6.04 Å². The van der Waals surface area contributed by atoms with Crippen molar-refractivity contribution in [2.75, 3.05) is 0 Å². The third-order valence-corrected chi connectivity index (χ3v) is 4.52. The van der Waals surface area contributed by atoms with Crippen molar-refractivity contribution in [3.05, 3.63) is 107 Å². The monoisotopic (exact) mass is 408 g/mol. The molecule has 0 bridgehead atoms. The summed E-state index contributed by atoms with van der Waals surface area (Å²) in [6.45, 7) is 0.232. The molecule has 6 heteroatoms. The molecule has 0 aliphatic carbocycles. The Morgan fingerprint density at radius 1 is 0.828 bits per heavy atom. The topological polar surface area (TPSA) is 67.4 Å². The predicted octanol–water partition coefficient (Wildman–Crippen LogP) is 3.93. The fourth-order valence-electron chi connectivity index (χ4n) is 2.74. The second-order valence-electron chi connectivity index (χ2n) is 6.46. The molecule has 0 saturated heterocycles. The Balaban J connectivity index is 1.65. The van der Waals surface area contributed by atoms with E-state index in [1.807, 2.05) is 60.7 Å². The van der Waals surface area contributed by atoms with Gasteiger partial charge in [0.2, 0.25) is 0 Å². The van der Waals surface area contributed by atoms with Crippen LogP contribution in [0.4, 0.5) is 0 Å². The van der Waals surface area contributed by atoms with Gasteiger partial charge < -0.3 is 5.32 Å². The molecule has 0 fully saturated rings. The van der Waals surface area contributed by atoms with Crippen LogP contribution in [0.25, 0.3) is 0 Å². The van der Waals surface area contributed by atoms with Crippen LogP contribution in [0.1, 0.15) is 21.5 Å². The molecule has 0 saturated carbocycles. The number of carbonyl (C=O) groups excluding carboxylic acids is 2. The summed E-state index contributed by atoms with van der Waals surface area (Å²) in [7, 11) is 0. The van der Waals surface area contributed by atoms with Crippen LogP contribution in [0.2, 0.25) is 5.02 Å². The van der Waals surface area contributed by atoms with Crippen molar-refractivity contribution < 1.29 is 14.4 Å². The SMILES string of the molecule is O=C(NC(Cc1ccccc1)C(=O)NOCc1ccccc1)c1ccc(Cl)cc1. The number of hydroxylamine groups is 1. The number of hydrogen-bond donors (Lipinski definition) is 2. The maximum atomic E-state index is 12.7. The van der Waals surface area contributed by atoms with Crippen LogP contribution in [0.5, 0.6) is 0 Å². The minimum Gasteiger partial charge on any atom is -0.340 e. The Morgan fingerprint density at radius 2 is 1.41 bits per heavy atom. The van der Waals surface area contributed by atoms with Crippen LogP contribution in [0.3, 0.4) is 0 Å². The summed E-state index contributed by atoms with van der Waals surface area (Å²) in [5.74, 6) is -0.784. The number of halogens is 1. The summed E-state index contributed by atoms with van der Waals surface area (Å²) < 4.78 is 0. The second kappa shape index (κ2) is 10.4. The van der Waals surface area contributed by atoms with Gasteiger partial charge in [-0.25, -0.2) is 5.48 Å². The quantitative estimate of drug-likeness (QED) is 0.555. The smallest absolute Gasteiger partial charge is 0.266 e. The maximum Gasteiger partial charge on any atom is 0.266 e. The Kier molecular flexibility index (Phi) is 7.39. The molecule has 5 nitrogen and oxygen atoms in total. The fourth-order valence-corrected chi connectivity index (χ4v) is 2.86. The molecule has 2 amide bonds. The summed E-state index contributed by atoms with van der Waals surface area (Å²) in [4.78, 5) is 30.6. The molecule has 0 spiro atoms. The molecule has 1 atom stereocenters. The van der Waals surface area contributed by atoms with Gasteiger partial charge in [-0.3, -0.25) is 14.4 Å². The van der Waals surface area contributed by atoms with E-state index in [4.69, 9.17) is 16.4 Å². The molecule has 3 rings (SSSR count). The van der Waals surface area contributed by atoms with Crippen LogP contribution < -0.4 is 10.8 Å². The molecule has 29 heavy (non-hydrogen) atoms. The van der Waals surface area contributed by atoms with Crippen LogP contribution in [-0.4, -0.2) is 17.9 Å². The summed E-state index contributed by atoms with van der Waals surface area (Å²) in [6, 6.07) is 24.7. The first kappa shape index (κ1) is 20.6. The summed E-state index contributed by atoms with van der Waals surface area (Å²) >= 11 is 5.88. The lowest BCUT2D eigenvalue weighted by atomic mass is 10.0. The molecule has 148 valence electrons. The van der Waals surface area contributed by atoms with Crippen LogP contribution in [-0.2, 0) is 22.7 Å². The van der Waals surface area contributed by atoms with E-state index in [0.717, 1.165) is 11.1 Å². The zero-order valence-corrected chi connectivity index (χ0v) is 16.4. The second-order valence-corrected chi connectivity index (χ2v) is 6.90. The summed E-state index contributed by atoms with van der Waals surface area (Å²) in [5.41, 5.74) is 4.72. The average Bonchev–Trinajstić information content (AvgIpc) is 2.75. The highest BCUT2D eigenvalue weighted by Crippen LogP contribution is 2.10. The van der Waals surface area contributed by atoms with Gasteiger partial charge in [-0.1, -0.05) is 72.3 Å². The lowest BCUT2D eigenvalue weighted by Crippen LogP contribution is -2.48. The van der Waals surface area contributed by atoms with E-state index in [9.17, 15) is 9.59 Å². The van der Waals surface area contributed by atoms with E-state index in [1.165, 1.54) is 0 Å². The zero-order chi connectivity index (χ0) is 20.5. The maximum absolute atomic E-state index is 12.7. The summed E-state index contributed by atoms with van der Waals surface area (Å²) in [6.07, 6.45) is 0.334. The highest BCUT2D eigenvalue weighted by Gasteiger charge is 2.22. The minimum atomic E-state index is -0.795. The van der Waals surface area contributed by atoms with Crippen molar-refractivity contribution in [2.24, 2.45) is 0 Å². The first-order valence-corrected chi connectivity index (χ1v) is 9.55. The largest absolute Gasteiger partial charge is 0.340 e. The van der Waals surface area contributed by atoms with Crippen molar-refractivity contribution >= 4 is 23.4 Å². The third kappa shape index (κ3) is 6.45. The van der Waals surface area contributed by atoms with Gasteiger partial charge in [0.25, 0.3) is 11.8 Å². The van der Waals surface area contributed by atoms with Crippen molar-refractivity contribution in [3.8, 4) is 0 Å². The molecular formula is C23H21ClN2O3. The van der Waals surface area contributed by atoms with Crippen molar-refractivity contribution in [3.63, 3.8) is 0 Å². The van der Waals surface area contributed by atoms with Gasteiger partial charge in [0, 0.05) is 17.0 Å². The molecular weight excluding hydrogens is 388 g/mol. The number of amides is 2. The normalized spacial score (nSPS) is 11.5. The number of carbonyl (C=O) groups is 2. The van der Waals surface area contributed by atoms with Crippen molar-refractivity contribution in [1.29, 1.82) is 0 Å². The highest BCUT2D eigenvalue weighted by molar-refractivity contribution is 6.30. The van der Waals surface area contributed by atoms with Crippen molar-refractivity contribution in [1.82, 2.24) is 10.8 Å². The number of benzene rings is 3. The van der Waals surface area contributed by atoms with E-state index in [-0.39, 0.29) is 12.5 Å². The first-order chi connectivity index (χ1) is 14.1. The lowest BCUT2D eigenvalue weighted by molar-refractivity contribution is -0.136. The van der Waals surface area contributed by atoms with Gasteiger partial charge in [0.15, 0.2) is 0 Å². The standard InChI is InChI=1S/C23H21ClN2O3/c24-20-13-11-19(12-14-20)22(27)25-21(15-17-7-3-1-4-8-17)23(28)26-29-16-18-9-5-2-6-10-18/h1-14,21H,15-16H2,(H,25,27)(H,26,28). The van der Waals surface area contributed by atoms with Gasteiger partial charge in [-0.2, -0.15) is 0 Å². The van der Waals surface area contributed by atoms with Gasteiger partial charge in [-0.05, 0) is 35.4 Å². The highest BCUT2D eigenvalue weighted by atomic mass is 35.5. The van der Waals surface area contributed by atoms with E-state index in [2.05, 4.69) is 10.8 Å². The molecule has 2 N–H and O–H groups in total.